The fraction of sp³-hybridized carbons (Fsp3) is 0.250. The smallest absolute Gasteiger partial charge is 0.451 e. The molecule has 2 rings (SSSR count). The summed E-state index contributed by atoms with van der Waals surface area (Å²) in [7, 11) is 0. The zero-order chi connectivity index (χ0) is 16.3. The van der Waals surface area contributed by atoms with Gasteiger partial charge in [0.1, 0.15) is 0 Å². The Kier molecular flexibility index (Phi) is 4.29. The lowest BCUT2D eigenvalue weighted by molar-refractivity contribution is -0.144. The van der Waals surface area contributed by atoms with Crippen molar-refractivity contribution in [1.29, 1.82) is 0 Å². The van der Waals surface area contributed by atoms with Gasteiger partial charge in [0.2, 0.25) is 11.8 Å². The van der Waals surface area contributed by atoms with Gasteiger partial charge in [0, 0.05) is 0 Å². The second kappa shape index (κ2) is 6.00. The largest absolute Gasteiger partial charge is 0.481 e. The van der Waals surface area contributed by atoms with Crippen LogP contribution < -0.4 is 10.1 Å². The number of nitrogens with one attached hydrogen (secondary N) is 2. The van der Waals surface area contributed by atoms with Gasteiger partial charge in [-0.25, -0.2) is 4.39 Å². The highest BCUT2D eigenvalue weighted by Crippen LogP contribution is 2.26. The molecule has 0 bridgehead atoms. The number of amides is 1. The van der Waals surface area contributed by atoms with E-state index < -0.39 is 36.3 Å². The Hall–Kier alpha value is -2.65. The van der Waals surface area contributed by atoms with Gasteiger partial charge in [0.05, 0.1) is 0 Å². The van der Waals surface area contributed by atoms with Crippen molar-refractivity contribution in [1.82, 2.24) is 15.2 Å². The Balaban J connectivity index is 1.93. The summed E-state index contributed by atoms with van der Waals surface area (Å²) >= 11 is 0. The Bertz CT molecular complexity index is 684. The first-order chi connectivity index (χ1) is 10.3. The van der Waals surface area contributed by atoms with Crippen molar-refractivity contribution in [3.63, 3.8) is 0 Å². The summed E-state index contributed by atoms with van der Waals surface area (Å²) < 4.78 is 55.2. The van der Waals surface area contributed by atoms with E-state index in [0.29, 0.717) is 0 Å². The SMILES string of the molecule is Cc1ccc(F)c(OCC(=O)Nc2n[nH]c(C(F)(F)F)n2)c1. The topological polar surface area (TPSA) is 79.9 Å². The van der Waals surface area contributed by atoms with Crippen molar-refractivity contribution in [3.8, 4) is 5.75 Å². The predicted molar refractivity (Wildman–Crippen MR) is 66.6 cm³/mol. The van der Waals surface area contributed by atoms with Crippen LogP contribution in [0.4, 0.5) is 23.5 Å². The van der Waals surface area contributed by atoms with Crippen molar-refractivity contribution in [2.24, 2.45) is 0 Å². The molecule has 0 fully saturated rings. The summed E-state index contributed by atoms with van der Waals surface area (Å²) in [6, 6.07) is 4.08. The second-order valence-electron chi connectivity index (χ2n) is 4.28. The fourth-order valence-corrected chi connectivity index (χ4v) is 1.47. The number of halogens is 4. The van der Waals surface area contributed by atoms with Gasteiger partial charge < -0.3 is 4.74 Å². The average Bonchev–Trinajstić information content (AvgIpc) is 2.88. The Morgan fingerprint density at radius 2 is 2.14 bits per heavy atom. The van der Waals surface area contributed by atoms with Crippen molar-refractivity contribution >= 4 is 11.9 Å². The molecule has 1 aromatic heterocycles. The molecule has 0 unspecified atom stereocenters. The summed E-state index contributed by atoms with van der Waals surface area (Å²) in [5.74, 6) is -3.51. The molecule has 0 saturated heterocycles. The third-order valence-electron chi connectivity index (χ3n) is 2.45. The van der Waals surface area contributed by atoms with E-state index in [1.165, 1.54) is 18.2 Å². The maximum atomic E-state index is 13.4. The molecule has 0 aliphatic carbocycles. The normalized spacial score (nSPS) is 11.3. The summed E-state index contributed by atoms with van der Waals surface area (Å²) in [4.78, 5) is 14.6. The molecule has 0 atom stereocenters. The molecule has 118 valence electrons. The number of aromatic nitrogens is 3. The number of hydrogen-bond acceptors (Lipinski definition) is 4. The molecule has 1 amide bonds. The van der Waals surface area contributed by atoms with E-state index in [-0.39, 0.29) is 5.75 Å². The van der Waals surface area contributed by atoms with Crippen molar-refractivity contribution in [2.45, 2.75) is 13.1 Å². The molecular weight excluding hydrogens is 308 g/mol. The lowest BCUT2D eigenvalue weighted by Crippen LogP contribution is -2.21. The fourth-order valence-electron chi connectivity index (χ4n) is 1.47. The van der Waals surface area contributed by atoms with Crippen molar-refractivity contribution in [3.05, 3.63) is 35.4 Å². The van der Waals surface area contributed by atoms with Crippen molar-refractivity contribution in [2.75, 3.05) is 11.9 Å². The van der Waals surface area contributed by atoms with Crippen LogP contribution in [0.25, 0.3) is 0 Å². The van der Waals surface area contributed by atoms with Crippen LogP contribution in [0, 0.1) is 12.7 Å². The van der Waals surface area contributed by atoms with Crippen LogP contribution in [0.1, 0.15) is 11.4 Å². The number of hydrogen-bond donors (Lipinski definition) is 2. The number of benzene rings is 1. The van der Waals surface area contributed by atoms with Crippen molar-refractivity contribution < 1.29 is 27.1 Å². The van der Waals surface area contributed by atoms with Gasteiger partial charge in [-0.05, 0) is 24.6 Å². The molecule has 6 nitrogen and oxygen atoms in total. The number of nitrogens with zero attached hydrogens (tertiary/aromatic N) is 2. The highest BCUT2D eigenvalue weighted by atomic mass is 19.4. The number of rotatable bonds is 4. The zero-order valence-corrected chi connectivity index (χ0v) is 11.2. The van der Waals surface area contributed by atoms with Gasteiger partial charge in [-0.15, -0.1) is 5.10 Å². The third-order valence-corrected chi connectivity index (χ3v) is 2.45. The van der Waals surface area contributed by atoms with Gasteiger partial charge in [0.15, 0.2) is 18.2 Å². The first-order valence-electron chi connectivity index (χ1n) is 5.94. The van der Waals surface area contributed by atoms with Gasteiger partial charge in [-0.2, -0.15) is 18.2 Å². The molecule has 1 heterocycles. The van der Waals surface area contributed by atoms with Crippen LogP contribution in [0.3, 0.4) is 0 Å². The Morgan fingerprint density at radius 3 is 2.77 bits per heavy atom. The number of carbonyl (C=O) groups excluding carboxylic acids is 1. The predicted octanol–water partition coefficient (Wildman–Crippen LogP) is 2.29. The number of aryl methyl sites for hydroxylation is 1. The standard InChI is InChI=1S/C12H10F4N4O2/c1-6-2-3-7(13)8(4-6)22-5-9(21)17-11-18-10(19-20-11)12(14,15)16/h2-4H,5H2,1H3,(H2,17,18,19,20,21). The highest BCUT2D eigenvalue weighted by Gasteiger charge is 2.35. The van der Waals surface area contributed by atoms with E-state index in [1.54, 1.807) is 12.0 Å². The van der Waals surface area contributed by atoms with E-state index in [1.807, 2.05) is 5.32 Å². The first-order valence-corrected chi connectivity index (χ1v) is 5.94. The van der Waals surface area contributed by atoms with E-state index in [2.05, 4.69) is 10.1 Å². The maximum Gasteiger partial charge on any atom is 0.451 e. The van der Waals surface area contributed by atoms with Crippen LogP contribution in [0.15, 0.2) is 18.2 Å². The first kappa shape index (κ1) is 15.7. The molecule has 10 heteroatoms. The van der Waals surface area contributed by atoms with E-state index >= 15 is 0 Å². The number of aromatic amines is 1. The second-order valence-corrected chi connectivity index (χ2v) is 4.28. The number of H-pyrrole nitrogens is 1. The molecule has 2 aromatic rings. The summed E-state index contributed by atoms with van der Waals surface area (Å²) in [5, 5.41) is 6.83. The molecule has 2 N–H and O–H groups in total. The van der Waals surface area contributed by atoms with Gasteiger partial charge in [-0.3, -0.25) is 15.2 Å². The molecule has 0 spiro atoms. The lowest BCUT2D eigenvalue weighted by Gasteiger charge is -2.07. The molecule has 0 aliphatic heterocycles. The van der Waals surface area contributed by atoms with E-state index in [9.17, 15) is 22.4 Å². The molecular formula is C12H10F4N4O2. The minimum absolute atomic E-state index is 0.138. The average molecular weight is 318 g/mol. The molecule has 0 radical (unpaired) electrons. The molecule has 0 aliphatic rings. The minimum atomic E-state index is -4.70. The van der Waals surface area contributed by atoms with Crippen LogP contribution in [0.5, 0.6) is 5.75 Å². The van der Waals surface area contributed by atoms with E-state index in [0.717, 1.165) is 5.56 Å². The van der Waals surface area contributed by atoms with Crippen LogP contribution in [-0.2, 0) is 11.0 Å². The summed E-state index contributed by atoms with van der Waals surface area (Å²) in [6.07, 6.45) is -4.70. The van der Waals surface area contributed by atoms with Gasteiger partial charge in [0.25, 0.3) is 5.91 Å². The highest BCUT2D eigenvalue weighted by molar-refractivity contribution is 5.90. The number of ether oxygens (including phenoxy) is 1. The number of carbonyl (C=O) groups is 1. The van der Waals surface area contributed by atoms with Crippen LogP contribution in [0.2, 0.25) is 0 Å². The van der Waals surface area contributed by atoms with E-state index in [4.69, 9.17) is 4.74 Å². The Labute approximate surface area is 121 Å². The Morgan fingerprint density at radius 1 is 1.41 bits per heavy atom. The maximum absolute atomic E-state index is 13.4. The van der Waals surface area contributed by atoms with Gasteiger partial charge >= 0.3 is 6.18 Å². The lowest BCUT2D eigenvalue weighted by atomic mass is 10.2. The van der Waals surface area contributed by atoms with Gasteiger partial charge in [-0.1, -0.05) is 6.07 Å². The quantitative estimate of drug-likeness (QED) is 0.848. The summed E-state index contributed by atoms with van der Waals surface area (Å²) in [6.45, 7) is 1.11. The zero-order valence-electron chi connectivity index (χ0n) is 11.2. The number of anilines is 1. The minimum Gasteiger partial charge on any atom is -0.481 e. The monoisotopic (exact) mass is 318 g/mol. The molecule has 0 saturated carbocycles. The molecule has 22 heavy (non-hydrogen) atoms. The third kappa shape index (κ3) is 3.93. The summed E-state index contributed by atoms with van der Waals surface area (Å²) in [5.41, 5.74) is 0.723. The molecule has 1 aromatic carbocycles. The van der Waals surface area contributed by atoms with Crippen LogP contribution in [-0.4, -0.2) is 27.7 Å². The van der Waals surface area contributed by atoms with Crippen LogP contribution >= 0.6 is 0 Å². The number of alkyl halides is 3.